The summed E-state index contributed by atoms with van der Waals surface area (Å²) < 4.78 is 26.2. The third-order valence-corrected chi connectivity index (χ3v) is 7.70. The highest BCUT2D eigenvalue weighted by atomic mass is 19.1. The molecule has 0 spiro atoms. The van der Waals surface area contributed by atoms with Gasteiger partial charge in [0.1, 0.15) is 18.2 Å². The molecule has 0 N–H and O–H groups in total. The molecule has 3 aromatic carbocycles. The summed E-state index contributed by atoms with van der Waals surface area (Å²) in [6, 6.07) is 21.5. The zero-order valence-corrected chi connectivity index (χ0v) is 19.7. The van der Waals surface area contributed by atoms with Crippen molar-refractivity contribution in [3.05, 3.63) is 95.3 Å². The number of ether oxygens (including phenoxy) is 2. The summed E-state index contributed by atoms with van der Waals surface area (Å²) in [5.41, 5.74) is 6.26. The van der Waals surface area contributed by atoms with E-state index in [1.807, 2.05) is 35.2 Å². The van der Waals surface area contributed by atoms with Gasteiger partial charge in [0.05, 0.1) is 18.7 Å². The van der Waals surface area contributed by atoms with Crippen molar-refractivity contribution in [2.45, 2.75) is 43.7 Å². The fourth-order valence-corrected chi connectivity index (χ4v) is 6.15. The summed E-state index contributed by atoms with van der Waals surface area (Å²) in [5.74, 6) is 0.275. The second kappa shape index (κ2) is 8.88. The van der Waals surface area contributed by atoms with Crippen LogP contribution in [0.2, 0.25) is 0 Å². The lowest BCUT2D eigenvalue weighted by atomic mass is 9.82. The quantitative estimate of drug-likeness (QED) is 0.422. The third-order valence-electron chi connectivity index (χ3n) is 7.70. The number of carbonyl (C=O) groups is 1. The van der Waals surface area contributed by atoms with Crippen LogP contribution in [-0.4, -0.2) is 36.8 Å². The normalized spacial score (nSPS) is 20.6. The molecular weight excluding hydrogens is 441 g/mol. The number of nitrogens with zero attached hydrogens (tertiary/aromatic N) is 1. The maximum Gasteiger partial charge on any atom is 0.410 e. The van der Waals surface area contributed by atoms with Crippen LogP contribution in [0.1, 0.15) is 48.3 Å². The van der Waals surface area contributed by atoms with Crippen LogP contribution in [0.5, 0.6) is 5.75 Å². The number of hydrogen-bond acceptors (Lipinski definition) is 3. The van der Waals surface area contributed by atoms with E-state index in [0.717, 1.165) is 24.8 Å². The topological polar surface area (TPSA) is 38.8 Å². The van der Waals surface area contributed by atoms with Crippen molar-refractivity contribution >= 4 is 11.7 Å². The molecule has 35 heavy (non-hydrogen) atoms. The second-order valence-electron chi connectivity index (χ2n) is 9.58. The lowest BCUT2D eigenvalue weighted by Gasteiger charge is -2.44. The maximum atomic E-state index is 14.8. The van der Waals surface area contributed by atoms with Crippen molar-refractivity contribution in [2.24, 2.45) is 0 Å². The van der Waals surface area contributed by atoms with E-state index < -0.39 is 0 Å². The zero-order chi connectivity index (χ0) is 23.9. The maximum absolute atomic E-state index is 14.8. The Hall–Kier alpha value is -3.60. The number of hydrogen-bond donors (Lipinski definition) is 0. The number of halogens is 1. The van der Waals surface area contributed by atoms with Crippen LogP contribution in [0.15, 0.2) is 72.8 Å². The number of fused-ring (bicyclic) bond motifs is 5. The highest BCUT2D eigenvalue weighted by Crippen LogP contribution is 2.45. The second-order valence-corrected chi connectivity index (χ2v) is 9.58. The van der Waals surface area contributed by atoms with Crippen LogP contribution in [0.25, 0.3) is 16.7 Å². The zero-order valence-electron chi connectivity index (χ0n) is 19.7. The standard InChI is InChI=1S/C30H28FNO3/c1-34-28-15-7-14-27(31)29(28)19-16-20-8-6-9-21(17-19)32(20)30(33)35-18-26-24-12-4-2-10-22(24)23-11-3-5-13-25(23)26/h2-5,7,10-16,20-21,26H,6,8-9,17-18H2,1H3. The minimum atomic E-state index is -0.289. The average molecular weight is 470 g/mol. The molecule has 4 nitrogen and oxygen atoms in total. The Bertz CT molecular complexity index is 1270. The van der Waals surface area contributed by atoms with Crippen molar-refractivity contribution < 1.29 is 18.7 Å². The molecule has 1 fully saturated rings. The van der Waals surface area contributed by atoms with E-state index in [-0.39, 0.29) is 29.9 Å². The molecule has 178 valence electrons. The van der Waals surface area contributed by atoms with Crippen LogP contribution in [0.3, 0.4) is 0 Å². The highest BCUT2D eigenvalue weighted by Gasteiger charge is 2.40. The molecule has 6 rings (SSSR count). The van der Waals surface area contributed by atoms with E-state index in [9.17, 15) is 9.18 Å². The Morgan fingerprint density at radius 2 is 1.69 bits per heavy atom. The van der Waals surface area contributed by atoms with Gasteiger partial charge in [0.25, 0.3) is 0 Å². The molecular formula is C30H28FNO3. The van der Waals surface area contributed by atoms with Gasteiger partial charge in [-0.1, -0.05) is 60.7 Å². The molecule has 5 heteroatoms. The van der Waals surface area contributed by atoms with Gasteiger partial charge in [-0.3, -0.25) is 4.90 Å². The number of amides is 1. The fraction of sp³-hybridized carbons (Fsp3) is 0.300. The predicted molar refractivity (Wildman–Crippen MR) is 134 cm³/mol. The lowest BCUT2D eigenvalue weighted by Crippen LogP contribution is -2.52. The summed E-state index contributed by atoms with van der Waals surface area (Å²) in [5, 5.41) is 0. The van der Waals surface area contributed by atoms with E-state index in [4.69, 9.17) is 9.47 Å². The Morgan fingerprint density at radius 1 is 0.971 bits per heavy atom. The first kappa shape index (κ1) is 21.9. The van der Waals surface area contributed by atoms with Gasteiger partial charge in [0, 0.05) is 12.0 Å². The van der Waals surface area contributed by atoms with Gasteiger partial charge in [-0.25, -0.2) is 9.18 Å². The molecule has 1 aliphatic carbocycles. The van der Waals surface area contributed by atoms with Crippen molar-refractivity contribution in [2.75, 3.05) is 13.7 Å². The largest absolute Gasteiger partial charge is 0.496 e. The van der Waals surface area contributed by atoms with E-state index >= 15 is 0 Å². The fourth-order valence-electron chi connectivity index (χ4n) is 6.15. The Kier molecular flexibility index (Phi) is 5.56. The van der Waals surface area contributed by atoms with Crippen LogP contribution in [0, 0.1) is 5.82 Å². The first-order valence-corrected chi connectivity index (χ1v) is 12.3. The minimum absolute atomic E-state index is 0.00582. The SMILES string of the molecule is COc1cccc(F)c1C1=CC2CCCC(C1)N2C(=O)OCC1c2ccccc2-c2ccccc21. The molecule has 2 atom stereocenters. The van der Waals surface area contributed by atoms with Gasteiger partial charge in [-0.2, -0.15) is 0 Å². The van der Waals surface area contributed by atoms with Gasteiger partial charge in [0.15, 0.2) is 0 Å². The van der Waals surface area contributed by atoms with Crippen LogP contribution in [0.4, 0.5) is 9.18 Å². The van der Waals surface area contributed by atoms with E-state index in [0.29, 0.717) is 24.3 Å². The van der Waals surface area contributed by atoms with Gasteiger partial charge in [0.2, 0.25) is 0 Å². The summed E-state index contributed by atoms with van der Waals surface area (Å²) in [6.45, 7) is 0.306. The minimum Gasteiger partial charge on any atom is -0.496 e. The summed E-state index contributed by atoms with van der Waals surface area (Å²) >= 11 is 0. The smallest absolute Gasteiger partial charge is 0.410 e. The van der Waals surface area contributed by atoms with E-state index in [2.05, 4.69) is 24.3 Å². The third kappa shape index (κ3) is 3.70. The first-order valence-electron chi connectivity index (χ1n) is 12.3. The molecule has 3 aromatic rings. The number of methoxy groups -OCH3 is 1. The average Bonchev–Trinajstić information content (AvgIpc) is 3.20. The summed E-state index contributed by atoms with van der Waals surface area (Å²) in [4.78, 5) is 15.3. The van der Waals surface area contributed by atoms with Crippen molar-refractivity contribution in [3.63, 3.8) is 0 Å². The van der Waals surface area contributed by atoms with Gasteiger partial charge in [-0.05, 0) is 65.6 Å². The predicted octanol–water partition coefficient (Wildman–Crippen LogP) is 6.79. The van der Waals surface area contributed by atoms with Crippen LogP contribution >= 0.6 is 0 Å². The van der Waals surface area contributed by atoms with E-state index in [1.165, 1.54) is 28.3 Å². The monoisotopic (exact) mass is 469 g/mol. The Labute approximate surface area is 205 Å². The molecule has 2 heterocycles. The van der Waals surface area contributed by atoms with Crippen molar-refractivity contribution in [3.8, 4) is 16.9 Å². The summed E-state index contributed by atoms with van der Waals surface area (Å²) in [6.07, 6.45) is 5.13. The number of carbonyl (C=O) groups excluding carboxylic acids is 1. The molecule has 2 bridgehead atoms. The molecule has 0 saturated carbocycles. The Morgan fingerprint density at radius 3 is 2.37 bits per heavy atom. The number of benzene rings is 3. The van der Waals surface area contributed by atoms with Crippen LogP contribution < -0.4 is 4.74 Å². The van der Waals surface area contributed by atoms with Gasteiger partial charge in [-0.15, -0.1) is 0 Å². The molecule has 2 aliphatic heterocycles. The Balaban J connectivity index is 1.24. The lowest BCUT2D eigenvalue weighted by molar-refractivity contribution is 0.0538. The molecule has 2 unspecified atom stereocenters. The van der Waals surface area contributed by atoms with Crippen LogP contribution in [-0.2, 0) is 4.74 Å². The van der Waals surface area contributed by atoms with Gasteiger partial charge >= 0.3 is 6.09 Å². The van der Waals surface area contributed by atoms with Gasteiger partial charge < -0.3 is 9.47 Å². The van der Waals surface area contributed by atoms with Crippen molar-refractivity contribution in [1.29, 1.82) is 0 Å². The number of piperidine rings is 1. The van der Waals surface area contributed by atoms with Crippen molar-refractivity contribution in [1.82, 2.24) is 4.90 Å². The number of rotatable bonds is 4. The highest BCUT2D eigenvalue weighted by molar-refractivity contribution is 5.80. The first-order chi connectivity index (χ1) is 17.2. The summed E-state index contributed by atoms with van der Waals surface area (Å²) in [7, 11) is 1.56. The molecule has 3 aliphatic rings. The molecule has 1 saturated heterocycles. The molecule has 0 aromatic heterocycles. The molecule has 1 amide bonds. The molecule has 0 radical (unpaired) electrons. The van der Waals surface area contributed by atoms with E-state index in [1.54, 1.807) is 19.2 Å².